The fraction of sp³-hybridized carbons (Fsp3) is 0.0667. The number of carbonyl (C=O) groups excluding carboxylic acids is 2. The van der Waals surface area contributed by atoms with Gasteiger partial charge in [-0.1, -0.05) is 12.1 Å². The molecule has 2 aromatic heterocycles. The molecule has 1 aromatic carbocycles. The van der Waals surface area contributed by atoms with Gasteiger partial charge in [-0.15, -0.1) is 0 Å². The first-order valence-electron chi connectivity index (χ1n) is 7.03. The van der Waals surface area contributed by atoms with E-state index in [2.05, 4.69) is 20.6 Å². The molecule has 0 bridgehead atoms. The number of nitrogens with one attached hydrogen (secondary N) is 3. The quantitative estimate of drug-likeness (QED) is 0.553. The number of hydrogen-bond donors (Lipinski definition) is 4. The number of nitrogens with zero attached hydrogens (tertiary/aromatic N) is 2. The predicted molar refractivity (Wildman–Crippen MR) is 86.6 cm³/mol. The van der Waals surface area contributed by atoms with E-state index >= 15 is 0 Å². The number of imidazole rings is 1. The predicted octanol–water partition coefficient (Wildman–Crippen LogP) is 0.443. The van der Waals surface area contributed by atoms with Gasteiger partial charge in [0.05, 0.1) is 0 Å². The fourth-order valence-corrected chi connectivity index (χ4v) is 2.16. The maximum Gasteiger partial charge on any atom is 0.316 e. The highest BCUT2D eigenvalue weighted by Crippen LogP contribution is 2.09. The van der Waals surface area contributed by atoms with Gasteiger partial charge in [-0.25, -0.2) is 9.78 Å². The molecule has 122 valence electrons. The molecule has 0 aliphatic rings. The van der Waals surface area contributed by atoms with Gasteiger partial charge in [0.25, 0.3) is 11.5 Å². The Hall–Kier alpha value is -3.62. The first-order valence-corrected chi connectivity index (χ1v) is 7.03. The van der Waals surface area contributed by atoms with Crippen LogP contribution in [0.2, 0.25) is 0 Å². The van der Waals surface area contributed by atoms with Crippen molar-refractivity contribution in [3.05, 3.63) is 64.5 Å². The molecule has 9 heteroatoms. The minimum absolute atomic E-state index is 0.152. The zero-order valence-corrected chi connectivity index (χ0v) is 12.4. The van der Waals surface area contributed by atoms with Crippen LogP contribution >= 0.6 is 0 Å². The molecule has 0 aliphatic carbocycles. The van der Waals surface area contributed by atoms with Gasteiger partial charge in [-0.05, 0) is 17.7 Å². The van der Waals surface area contributed by atoms with Gasteiger partial charge in [0.1, 0.15) is 5.69 Å². The van der Waals surface area contributed by atoms with Crippen molar-refractivity contribution in [1.82, 2.24) is 19.7 Å². The number of primary amides is 1. The van der Waals surface area contributed by atoms with Crippen molar-refractivity contribution in [3.63, 3.8) is 0 Å². The van der Waals surface area contributed by atoms with Crippen molar-refractivity contribution in [2.45, 2.75) is 6.54 Å². The summed E-state index contributed by atoms with van der Waals surface area (Å²) in [5.74, 6) is -0.391. The lowest BCUT2D eigenvalue weighted by Gasteiger charge is -2.05. The van der Waals surface area contributed by atoms with Gasteiger partial charge in [-0.3, -0.25) is 9.59 Å². The highest BCUT2D eigenvalue weighted by atomic mass is 16.2. The number of anilines is 1. The lowest BCUT2D eigenvalue weighted by molar-refractivity contribution is 0.0946. The molecule has 9 nitrogen and oxygen atoms in total. The third kappa shape index (κ3) is 3.24. The van der Waals surface area contributed by atoms with Crippen molar-refractivity contribution < 1.29 is 9.59 Å². The lowest BCUT2D eigenvalue weighted by Crippen LogP contribution is -2.23. The number of fused-ring (bicyclic) bond motifs is 1. The monoisotopic (exact) mass is 326 g/mol. The Morgan fingerprint density at radius 1 is 1.25 bits per heavy atom. The summed E-state index contributed by atoms with van der Waals surface area (Å²) < 4.78 is 1.48. The second-order valence-corrected chi connectivity index (χ2v) is 5.02. The van der Waals surface area contributed by atoms with Gasteiger partial charge in [0.15, 0.2) is 0 Å². The number of aromatic amines is 1. The zero-order valence-electron chi connectivity index (χ0n) is 12.4. The summed E-state index contributed by atoms with van der Waals surface area (Å²) in [6, 6.07) is 6.21. The standard InChI is InChI=1S/C15H14N6O3/c16-15(24)19-10-3-1-9(2-4-10)7-18-13(22)11-8-21-6-5-17-14(23)12(21)20-11/h1-6,8H,7H2,(H,17,23)(H,18,22)(H3,16,19,24). The number of rotatable bonds is 4. The van der Waals surface area contributed by atoms with Crippen LogP contribution in [0.4, 0.5) is 10.5 Å². The molecule has 0 aliphatic heterocycles. The molecule has 0 unspecified atom stereocenters. The minimum atomic E-state index is -0.641. The molecule has 24 heavy (non-hydrogen) atoms. The van der Waals surface area contributed by atoms with E-state index in [4.69, 9.17) is 5.73 Å². The minimum Gasteiger partial charge on any atom is -0.351 e. The molecule has 3 rings (SSSR count). The summed E-state index contributed by atoms with van der Waals surface area (Å²) in [6.07, 6.45) is 4.56. The molecule has 3 amide bonds. The molecular formula is C15H14N6O3. The Bertz CT molecular complexity index is 957. The highest BCUT2D eigenvalue weighted by Gasteiger charge is 2.12. The first-order chi connectivity index (χ1) is 11.5. The van der Waals surface area contributed by atoms with Crippen molar-refractivity contribution >= 4 is 23.3 Å². The van der Waals surface area contributed by atoms with Gasteiger partial charge in [0.2, 0.25) is 5.65 Å². The number of amides is 3. The molecule has 0 atom stereocenters. The van der Waals surface area contributed by atoms with E-state index in [0.717, 1.165) is 5.56 Å². The Kier molecular flexibility index (Phi) is 3.98. The number of hydrogen-bond acceptors (Lipinski definition) is 4. The van der Waals surface area contributed by atoms with Crippen LogP contribution in [0, 0.1) is 0 Å². The second kappa shape index (κ2) is 6.24. The third-order valence-electron chi connectivity index (χ3n) is 3.29. The Balaban J connectivity index is 1.67. The van der Waals surface area contributed by atoms with Crippen LogP contribution in [-0.4, -0.2) is 26.3 Å². The van der Waals surface area contributed by atoms with Crippen molar-refractivity contribution in [2.75, 3.05) is 5.32 Å². The molecule has 0 spiro atoms. The van der Waals surface area contributed by atoms with E-state index in [1.165, 1.54) is 16.8 Å². The maximum atomic E-state index is 12.1. The van der Waals surface area contributed by atoms with Crippen LogP contribution in [-0.2, 0) is 6.54 Å². The zero-order chi connectivity index (χ0) is 17.1. The second-order valence-electron chi connectivity index (χ2n) is 5.02. The van der Waals surface area contributed by atoms with Crippen LogP contribution in [0.1, 0.15) is 16.1 Å². The maximum absolute atomic E-state index is 12.1. The van der Waals surface area contributed by atoms with E-state index in [-0.39, 0.29) is 23.4 Å². The third-order valence-corrected chi connectivity index (χ3v) is 3.29. The van der Waals surface area contributed by atoms with E-state index in [0.29, 0.717) is 5.69 Å². The molecule has 3 aromatic rings. The average Bonchev–Trinajstić information content (AvgIpc) is 2.99. The summed E-state index contributed by atoms with van der Waals surface area (Å²) >= 11 is 0. The van der Waals surface area contributed by atoms with Crippen molar-refractivity contribution in [1.29, 1.82) is 0 Å². The van der Waals surface area contributed by atoms with E-state index in [9.17, 15) is 14.4 Å². The largest absolute Gasteiger partial charge is 0.351 e. The Morgan fingerprint density at radius 2 is 2.00 bits per heavy atom. The fourth-order valence-electron chi connectivity index (χ4n) is 2.16. The van der Waals surface area contributed by atoms with Crippen LogP contribution in [0.3, 0.4) is 0 Å². The number of aromatic nitrogens is 3. The van der Waals surface area contributed by atoms with Gasteiger partial charge in [0, 0.05) is 30.8 Å². The molecule has 0 radical (unpaired) electrons. The van der Waals surface area contributed by atoms with Gasteiger partial charge in [-0.2, -0.15) is 0 Å². The number of benzene rings is 1. The first kappa shape index (κ1) is 15.3. The number of carbonyl (C=O) groups is 2. The molecule has 5 N–H and O–H groups in total. The summed E-state index contributed by atoms with van der Waals surface area (Å²) in [4.78, 5) is 41.0. The highest BCUT2D eigenvalue weighted by molar-refractivity contribution is 5.92. The van der Waals surface area contributed by atoms with Gasteiger partial charge < -0.3 is 25.8 Å². The molecular weight excluding hydrogens is 312 g/mol. The summed E-state index contributed by atoms with van der Waals surface area (Å²) in [5.41, 5.74) is 6.37. The molecule has 0 fully saturated rings. The van der Waals surface area contributed by atoms with E-state index in [1.54, 1.807) is 30.5 Å². The van der Waals surface area contributed by atoms with Gasteiger partial charge >= 0.3 is 6.03 Å². The smallest absolute Gasteiger partial charge is 0.316 e. The van der Waals surface area contributed by atoms with E-state index < -0.39 is 11.9 Å². The van der Waals surface area contributed by atoms with Crippen LogP contribution in [0.5, 0.6) is 0 Å². The number of H-pyrrole nitrogens is 1. The summed E-state index contributed by atoms with van der Waals surface area (Å²) in [7, 11) is 0. The lowest BCUT2D eigenvalue weighted by atomic mass is 10.2. The molecule has 0 saturated carbocycles. The molecule has 2 heterocycles. The van der Waals surface area contributed by atoms with Crippen LogP contribution in [0.25, 0.3) is 5.65 Å². The number of nitrogens with two attached hydrogens (primary N) is 1. The Morgan fingerprint density at radius 3 is 2.67 bits per heavy atom. The van der Waals surface area contributed by atoms with Crippen LogP contribution < -0.4 is 21.9 Å². The number of urea groups is 1. The van der Waals surface area contributed by atoms with E-state index in [1.807, 2.05) is 0 Å². The molecule has 0 saturated heterocycles. The van der Waals surface area contributed by atoms with Crippen LogP contribution in [0.15, 0.2) is 47.7 Å². The summed E-state index contributed by atoms with van der Waals surface area (Å²) in [5, 5.41) is 5.17. The van der Waals surface area contributed by atoms with Crippen molar-refractivity contribution in [3.8, 4) is 0 Å². The Labute approximate surface area is 135 Å². The SMILES string of the molecule is NC(=O)Nc1ccc(CNC(=O)c2cn3cc[nH]c(=O)c3n2)cc1. The average molecular weight is 326 g/mol. The normalized spacial score (nSPS) is 10.5. The topological polar surface area (TPSA) is 134 Å². The summed E-state index contributed by atoms with van der Waals surface area (Å²) in [6.45, 7) is 0.278. The van der Waals surface area contributed by atoms with Crippen molar-refractivity contribution in [2.24, 2.45) is 5.73 Å².